The molecule has 0 fully saturated rings. The van der Waals surface area contributed by atoms with Gasteiger partial charge in [-0.2, -0.15) is 0 Å². The Labute approximate surface area is 125 Å². The Morgan fingerprint density at radius 2 is 2.11 bits per heavy atom. The average Bonchev–Trinajstić information content (AvgIpc) is 2.33. The molecule has 100 valence electrons. The smallest absolute Gasteiger partial charge is 0.255 e. The zero-order valence-electron chi connectivity index (χ0n) is 9.96. The second-order valence-corrected chi connectivity index (χ2v) is 5.29. The van der Waals surface area contributed by atoms with Gasteiger partial charge in [-0.05, 0) is 18.2 Å². The molecule has 3 nitrogen and oxygen atoms in total. The molecule has 0 saturated heterocycles. The van der Waals surface area contributed by atoms with Gasteiger partial charge >= 0.3 is 0 Å². The molecule has 0 N–H and O–H groups in total. The van der Waals surface area contributed by atoms with E-state index in [1.165, 1.54) is 0 Å². The third-order valence-corrected chi connectivity index (χ3v) is 3.17. The molecule has 0 atom stereocenters. The van der Waals surface area contributed by atoms with Crippen LogP contribution in [-0.2, 0) is 4.74 Å². The molecule has 0 heterocycles. The Hall–Kier alpha value is -0.290. The maximum Gasteiger partial charge on any atom is 0.255 e. The van der Waals surface area contributed by atoms with Crippen LogP contribution in [0.4, 0.5) is 0 Å². The van der Waals surface area contributed by atoms with E-state index in [0.717, 1.165) is 5.33 Å². The van der Waals surface area contributed by atoms with Gasteiger partial charge in [-0.1, -0.05) is 39.1 Å². The number of halogens is 3. The molecular weight excluding hydrogens is 341 g/mol. The molecule has 0 spiro atoms. The first-order valence-electron chi connectivity index (χ1n) is 5.40. The number of carbonyl (C=O) groups excluding carboxylic acids is 1. The number of likely N-dealkylation sites (N-methyl/N-ethyl adjacent to an activating group) is 1. The van der Waals surface area contributed by atoms with Crippen molar-refractivity contribution >= 4 is 45.0 Å². The largest absolute Gasteiger partial charge is 0.379 e. The fourth-order valence-corrected chi connectivity index (χ4v) is 2.05. The first-order valence-corrected chi connectivity index (χ1v) is 7.28. The van der Waals surface area contributed by atoms with Crippen molar-refractivity contribution < 1.29 is 9.53 Å². The van der Waals surface area contributed by atoms with E-state index >= 15 is 0 Å². The van der Waals surface area contributed by atoms with Gasteiger partial charge in [0.15, 0.2) is 0 Å². The van der Waals surface area contributed by atoms with Crippen LogP contribution in [0.5, 0.6) is 0 Å². The Bertz CT molecular complexity index is 415. The van der Waals surface area contributed by atoms with Crippen LogP contribution >= 0.6 is 39.1 Å². The lowest BCUT2D eigenvalue weighted by Gasteiger charge is -2.17. The molecule has 18 heavy (non-hydrogen) atoms. The minimum Gasteiger partial charge on any atom is -0.379 e. The normalized spacial score (nSPS) is 10.4. The Morgan fingerprint density at radius 1 is 1.39 bits per heavy atom. The Morgan fingerprint density at radius 3 is 2.72 bits per heavy atom. The zero-order valence-corrected chi connectivity index (χ0v) is 13.1. The highest BCUT2D eigenvalue weighted by atomic mass is 79.9. The van der Waals surface area contributed by atoms with Crippen molar-refractivity contribution in [1.29, 1.82) is 0 Å². The molecule has 6 heteroatoms. The third kappa shape index (κ3) is 4.76. The van der Waals surface area contributed by atoms with E-state index < -0.39 is 0 Å². The SMILES string of the molecule is CN(CCOCCBr)C(=O)c1ccc(Cl)cc1Cl. The van der Waals surface area contributed by atoms with Gasteiger partial charge < -0.3 is 9.64 Å². The van der Waals surface area contributed by atoms with Gasteiger partial charge in [0.1, 0.15) is 0 Å². The molecule has 0 aromatic heterocycles. The third-order valence-electron chi connectivity index (χ3n) is 2.30. The van der Waals surface area contributed by atoms with E-state index in [0.29, 0.717) is 35.4 Å². The van der Waals surface area contributed by atoms with E-state index in [2.05, 4.69) is 15.9 Å². The van der Waals surface area contributed by atoms with Gasteiger partial charge in [-0.15, -0.1) is 0 Å². The number of ether oxygens (including phenoxy) is 1. The molecule has 0 bridgehead atoms. The highest BCUT2D eigenvalue weighted by molar-refractivity contribution is 9.09. The minimum absolute atomic E-state index is 0.140. The highest BCUT2D eigenvalue weighted by Gasteiger charge is 2.14. The van der Waals surface area contributed by atoms with Crippen molar-refractivity contribution in [2.45, 2.75) is 0 Å². The van der Waals surface area contributed by atoms with Crippen molar-refractivity contribution in [3.05, 3.63) is 33.8 Å². The summed E-state index contributed by atoms with van der Waals surface area (Å²) in [5.74, 6) is -0.140. The molecule has 1 amide bonds. The lowest BCUT2D eigenvalue weighted by atomic mass is 10.2. The molecule has 0 radical (unpaired) electrons. The molecule has 0 unspecified atom stereocenters. The number of hydrogen-bond acceptors (Lipinski definition) is 2. The van der Waals surface area contributed by atoms with Gasteiger partial charge in [0.2, 0.25) is 0 Å². The topological polar surface area (TPSA) is 29.5 Å². The van der Waals surface area contributed by atoms with E-state index in [-0.39, 0.29) is 5.91 Å². The molecule has 1 aromatic carbocycles. The van der Waals surface area contributed by atoms with Gasteiger partial charge in [-0.25, -0.2) is 0 Å². The Kier molecular flexibility index (Phi) is 7.00. The number of benzene rings is 1. The maximum absolute atomic E-state index is 12.1. The van der Waals surface area contributed by atoms with E-state index in [9.17, 15) is 4.79 Å². The fourth-order valence-electron chi connectivity index (χ4n) is 1.33. The van der Waals surface area contributed by atoms with E-state index in [1.54, 1.807) is 30.1 Å². The summed E-state index contributed by atoms with van der Waals surface area (Å²) in [4.78, 5) is 13.6. The molecule has 1 aromatic rings. The number of rotatable bonds is 6. The second-order valence-electron chi connectivity index (χ2n) is 3.65. The molecule has 0 saturated carbocycles. The summed E-state index contributed by atoms with van der Waals surface area (Å²) in [5, 5.41) is 1.66. The molecule has 1 rings (SSSR count). The van der Waals surface area contributed by atoms with Crippen LogP contribution in [0.25, 0.3) is 0 Å². The monoisotopic (exact) mass is 353 g/mol. The summed E-state index contributed by atoms with van der Waals surface area (Å²) in [6.07, 6.45) is 0. The molecular formula is C12H14BrCl2NO2. The van der Waals surface area contributed by atoms with Crippen LogP contribution < -0.4 is 0 Å². The highest BCUT2D eigenvalue weighted by Crippen LogP contribution is 2.21. The van der Waals surface area contributed by atoms with Gasteiger partial charge in [0.05, 0.1) is 23.8 Å². The van der Waals surface area contributed by atoms with Crippen molar-refractivity contribution in [3.8, 4) is 0 Å². The lowest BCUT2D eigenvalue weighted by molar-refractivity contribution is 0.0713. The number of carbonyl (C=O) groups is 1. The minimum atomic E-state index is -0.140. The quantitative estimate of drug-likeness (QED) is 0.578. The molecule has 0 aliphatic carbocycles. The summed E-state index contributed by atoms with van der Waals surface area (Å²) in [7, 11) is 1.71. The maximum atomic E-state index is 12.1. The van der Waals surface area contributed by atoms with Crippen molar-refractivity contribution in [2.75, 3.05) is 32.1 Å². The van der Waals surface area contributed by atoms with Crippen LogP contribution in [0.3, 0.4) is 0 Å². The van der Waals surface area contributed by atoms with Gasteiger partial charge in [0, 0.05) is 23.9 Å². The lowest BCUT2D eigenvalue weighted by Crippen LogP contribution is -2.30. The van der Waals surface area contributed by atoms with E-state index in [1.807, 2.05) is 0 Å². The van der Waals surface area contributed by atoms with Crippen LogP contribution in [0, 0.1) is 0 Å². The summed E-state index contributed by atoms with van der Waals surface area (Å²) in [6.45, 7) is 1.65. The first kappa shape index (κ1) is 15.8. The van der Waals surface area contributed by atoms with Crippen LogP contribution in [0.15, 0.2) is 18.2 Å². The van der Waals surface area contributed by atoms with E-state index in [4.69, 9.17) is 27.9 Å². The average molecular weight is 355 g/mol. The number of alkyl halides is 1. The van der Waals surface area contributed by atoms with Gasteiger partial charge in [-0.3, -0.25) is 4.79 Å². The predicted molar refractivity (Wildman–Crippen MR) is 78.0 cm³/mol. The van der Waals surface area contributed by atoms with Crippen molar-refractivity contribution in [2.24, 2.45) is 0 Å². The number of nitrogens with zero attached hydrogens (tertiary/aromatic N) is 1. The summed E-state index contributed by atoms with van der Waals surface area (Å²) < 4.78 is 5.29. The molecule has 0 aliphatic rings. The molecule has 0 aliphatic heterocycles. The predicted octanol–water partition coefficient (Wildman–Crippen LogP) is 3.48. The first-order chi connectivity index (χ1) is 8.56. The summed E-state index contributed by atoms with van der Waals surface area (Å²) >= 11 is 15.0. The van der Waals surface area contributed by atoms with Crippen LogP contribution in [0.1, 0.15) is 10.4 Å². The van der Waals surface area contributed by atoms with Gasteiger partial charge in [0.25, 0.3) is 5.91 Å². The summed E-state index contributed by atoms with van der Waals surface area (Å²) in [5.41, 5.74) is 0.448. The standard InChI is InChI=1S/C12H14BrCl2NO2/c1-16(5-7-18-6-4-13)12(17)10-3-2-9(14)8-11(10)15/h2-3,8H,4-7H2,1H3. The van der Waals surface area contributed by atoms with Crippen LogP contribution in [-0.4, -0.2) is 42.9 Å². The summed E-state index contributed by atoms with van der Waals surface area (Å²) in [6, 6.07) is 4.84. The number of amides is 1. The van der Waals surface area contributed by atoms with Crippen LogP contribution in [0.2, 0.25) is 10.0 Å². The zero-order chi connectivity index (χ0) is 13.5. The Balaban J connectivity index is 2.57. The van der Waals surface area contributed by atoms with Crippen molar-refractivity contribution in [3.63, 3.8) is 0 Å². The number of hydrogen-bond donors (Lipinski definition) is 0. The van der Waals surface area contributed by atoms with Crippen molar-refractivity contribution in [1.82, 2.24) is 4.90 Å². The second kappa shape index (κ2) is 8.00. The fraction of sp³-hybridized carbons (Fsp3) is 0.417.